The molecule has 0 saturated carbocycles. The monoisotopic (exact) mass is 281 g/mol. The number of hydrogen-bond donors (Lipinski definition) is 1. The van der Waals surface area contributed by atoms with Crippen molar-refractivity contribution in [2.45, 2.75) is 33.2 Å². The first-order valence-electron chi connectivity index (χ1n) is 6.78. The molecule has 0 spiro atoms. The van der Waals surface area contributed by atoms with Crippen molar-refractivity contribution in [1.82, 2.24) is 14.7 Å². The molecule has 0 radical (unpaired) electrons. The van der Waals surface area contributed by atoms with E-state index < -0.39 is 4.92 Å². The van der Waals surface area contributed by atoms with Crippen molar-refractivity contribution in [3.8, 4) is 0 Å². The van der Waals surface area contributed by atoms with Crippen LogP contribution in [-0.4, -0.2) is 45.1 Å². The predicted octanol–water partition coefficient (Wildman–Crippen LogP) is 1.15. The third-order valence-corrected chi connectivity index (χ3v) is 3.44. The second-order valence-electron chi connectivity index (χ2n) is 4.80. The summed E-state index contributed by atoms with van der Waals surface area (Å²) in [5.41, 5.74) is 0.300. The van der Waals surface area contributed by atoms with Crippen molar-refractivity contribution >= 4 is 17.4 Å². The minimum absolute atomic E-state index is 0.0293. The number of carbonyl (C=O) groups excluding carboxylic acids is 1. The molecule has 0 unspecified atom stereocenters. The van der Waals surface area contributed by atoms with E-state index in [0.717, 1.165) is 25.9 Å². The van der Waals surface area contributed by atoms with E-state index in [2.05, 4.69) is 10.4 Å². The lowest BCUT2D eigenvalue weighted by Gasteiger charge is -2.15. The summed E-state index contributed by atoms with van der Waals surface area (Å²) in [6, 6.07) is 0. The molecule has 2 heterocycles. The molecule has 0 aromatic carbocycles. The summed E-state index contributed by atoms with van der Waals surface area (Å²) in [5, 5.41) is 18.1. The molecule has 8 nitrogen and oxygen atoms in total. The zero-order valence-electron chi connectivity index (χ0n) is 11.8. The van der Waals surface area contributed by atoms with E-state index in [-0.39, 0.29) is 18.1 Å². The Morgan fingerprint density at radius 1 is 1.45 bits per heavy atom. The third-order valence-electron chi connectivity index (χ3n) is 3.44. The summed E-state index contributed by atoms with van der Waals surface area (Å²) in [6.07, 6.45) is 2.05. The number of anilines is 1. The van der Waals surface area contributed by atoms with Gasteiger partial charge in [0.2, 0.25) is 11.7 Å². The number of amides is 1. The van der Waals surface area contributed by atoms with E-state index in [1.165, 1.54) is 4.68 Å². The van der Waals surface area contributed by atoms with E-state index >= 15 is 0 Å². The topological polar surface area (TPSA) is 93.3 Å². The molecule has 20 heavy (non-hydrogen) atoms. The Morgan fingerprint density at radius 3 is 2.65 bits per heavy atom. The van der Waals surface area contributed by atoms with E-state index in [4.69, 9.17) is 0 Å². The number of likely N-dealkylation sites (tertiary alicyclic amines) is 1. The quantitative estimate of drug-likeness (QED) is 0.645. The first-order valence-corrected chi connectivity index (χ1v) is 6.78. The molecule has 1 aromatic rings. The van der Waals surface area contributed by atoms with Crippen LogP contribution in [0, 0.1) is 17.0 Å². The minimum Gasteiger partial charge on any atom is -0.355 e. The molecule has 0 aliphatic carbocycles. The van der Waals surface area contributed by atoms with Crippen LogP contribution in [0.3, 0.4) is 0 Å². The maximum absolute atomic E-state index is 12.0. The van der Waals surface area contributed by atoms with Gasteiger partial charge in [-0.15, -0.1) is 0 Å². The van der Waals surface area contributed by atoms with Crippen LogP contribution in [0.1, 0.15) is 25.5 Å². The molecule has 0 bridgehead atoms. The van der Waals surface area contributed by atoms with Gasteiger partial charge in [0, 0.05) is 19.6 Å². The number of nitrogens with one attached hydrogen (secondary N) is 1. The predicted molar refractivity (Wildman–Crippen MR) is 73.6 cm³/mol. The zero-order valence-corrected chi connectivity index (χ0v) is 11.8. The van der Waals surface area contributed by atoms with Gasteiger partial charge in [0.15, 0.2) is 0 Å². The van der Waals surface area contributed by atoms with Crippen molar-refractivity contribution in [2.75, 3.05) is 25.0 Å². The van der Waals surface area contributed by atoms with Gasteiger partial charge < -0.3 is 10.2 Å². The summed E-state index contributed by atoms with van der Waals surface area (Å²) in [7, 11) is 0. The average molecular weight is 281 g/mol. The SMILES string of the molecule is CCn1nc(C)c([N+](=O)[O-])c1NCC(=O)N1CCCC1. The standard InChI is InChI=1S/C12H19N5O3/c1-3-16-12(11(17(19)20)9(2)14-16)13-8-10(18)15-6-4-5-7-15/h13H,3-8H2,1-2H3. The van der Waals surface area contributed by atoms with Crippen molar-refractivity contribution < 1.29 is 9.72 Å². The molecule has 1 N–H and O–H groups in total. The van der Waals surface area contributed by atoms with Crippen molar-refractivity contribution in [3.63, 3.8) is 0 Å². The Labute approximate surface area is 116 Å². The van der Waals surface area contributed by atoms with Crippen LogP contribution >= 0.6 is 0 Å². The van der Waals surface area contributed by atoms with Gasteiger partial charge in [-0.2, -0.15) is 5.10 Å². The number of carbonyl (C=O) groups is 1. The molecule has 1 aliphatic heterocycles. The van der Waals surface area contributed by atoms with Gasteiger partial charge in [0.25, 0.3) is 0 Å². The number of nitro groups is 1. The van der Waals surface area contributed by atoms with Crippen molar-refractivity contribution in [1.29, 1.82) is 0 Å². The molecule has 0 atom stereocenters. The Kier molecular flexibility index (Phi) is 4.21. The zero-order chi connectivity index (χ0) is 14.7. The molecule has 1 aromatic heterocycles. The second kappa shape index (κ2) is 5.89. The number of nitrogens with zero attached hydrogens (tertiary/aromatic N) is 4. The molecule has 1 amide bonds. The highest BCUT2D eigenvalue weighted by molar-refractivity contribution is 5.81. The fourth-order valence-electron chi connectivity index (χ4n) is 2.43. The maximum atomic E-state index is 12.0. The van der Waals surface area contributed by atoms with Crippen LogP contribution in [0.15, 0.2) is 0 Å². The fourth-order valence-corrected chi connectivity index (χ4v) is 2.43. The molecule has 1 fully saturated rings. The molecule has 110 valence electrons. The largest absolute Gasteiger partial charge is 0.355 e. The van der Waals surface area contributed by atoms with Gasteiger partial charge in [0.1, 0.15) is 5.69 Å². The summed E-state index contributed by atoms with van der Waals surface area (Å²) >= 11 is 0. The third kappa shape index (κ3) is 2.73. The number of aromatic nitrogens is 2. The Hall–Kier alpha value is -2.12. The lowest BCUT2D eigenvalue weighted by molar-refractivity contribution is -0.384. The van der Waals surface area contributed by atoms with Crippen LogP contribution in [-0.2, 0) is 11.3 Å². The summed E-state index contributed by atoms with van der Waals surface area (Å²) in [4.78, 5) is 24.4. The minimum atomic E-state index is -0.461. The Morgan fingerprint density at radius 2 is 2.10 bits per heavy atom. The van der Waals surface area contributed by atoms with Gasteiger partial charge in [-0.3, -0.25) is 14.9 Å². The summed E-state index contributed by atoms with van der Waals surface area (Å²) < 4.78 is 1.52. The molecule has 1 saturated heterocycles. The fraction of sp³-hybridized carbons (Fsp3) is 0.667. The van der Waals surface area contributed by atoms with Gasteiger partial charge in [0.05, 0.1) is 11.5 Å². The molecule has 8 heteroatoms. The van der Waals surface area contributed by atoms with Crippen LogP contribution in [0.25, 0.3) is 0 Å². The number of rotatable bonds is 5. The summed E-state index contributed by atoms with van der Waals surface area (Å²) in [5.74, 6) is 0.279. The average Bonchev–Trinajstić information content (AvgIpc) is 3.02. The second-order valence-corrected chi connectivity index (χ2v) is 4.80. The van der Waals surface area contributed by atoms with E-state index in [1.807, 2.05) is 6.92 Å². The highest BCUT2D eigenvalue weighted by atomic mass is 16.6. The van der Waals surface area contributed by atoms with Crippen LogP contribution in [0.5, 0.6) is 0 Å². The summed E-state index contributed by atoms with van der Waals surface area (Å²) in [6.45, 7) is 5.56. The maximum Gasteiger partial charge on any atom is 0.333 e. The van der Waals surface area contributed by atoms with E-state index in [1.54, 1.807) is 11.8 Å². The van der Waals surface area contributed by atoms with E-state index in [0.29, 0.717) is 18.1 Å². The molecular formula is C12H19N5O3. The lowest BCUT2D eigenvalue weighted by Crippen LogP contribution is -2.33. The lowest BCUT2D eigenvalue weighted by atomic mass is 10.3. The molecule has 1 aliphatic rings. The normalized spacial score (nSPS) is 14.6. The number of aryl methyl sites for hydroxylation is 2. The van der Waals surface area contributed by atoms with Crippen LogP contribution in [0.4, 0.5) is 11.5 Å². The van der Waals surface area contributed by atoms with Gasteiger partial charge in [-0.1, -0.05) is 0 Å². The molecular weight excluding hydrogens is 262 g/mol. The van der Waals surface area contributed by atoms with Crippen molar-refractivity contribution in [2.24, 2.45) is 0 Å². The molecule has 2 rings (SSSR count). The first kappa shape index (κ1) is 14.3. The van der Waals surface area contributed by atoms with Crippen LogP contribution < -0.4 is 5.32 Å². The van der Waals surface area contributed by atoms with Gasteiger partial charge in [-0.25, -0.2) is 4.68 Å². The van der Waals surface area contributed by atoms with Gasteiger partial charge in [-0.05, 0) is 26.7 Å². The van der Waals surface area contributed by atoms with Gasteiger partial charge >= 0.3 is 5.69 Å². The Bertz CT molecular complexity index is 519. The van der Waals surface area contributed by atoms with E-state index in [9.17, 15) is 14.9 Å². The van der Waals surface area contributed by atoms with Crippen molar-refractivity contribution in [3.05, 3.63) is 15.8 Å². The first-order chi connectivity index (χ1) is 9.54. The highest BCUT2D eigenvalue weighted by Gasteiger charge is 2.26. The smallest absolute Gasteiger partial charge is 0.333 e. The Balaban J connectivity index is 2.11. The highest BCUT2D eigenvalue weighted by Crippen LogP contribution is 2.27. The number of hydrogen-bond acceptors (Lipinski definition) is 5. The van der Waals surface area contributed by atoms with Crippen LogP contribution in [0.2, 0.25) is 0 Å².